The fourth-order valence-electron chi connectivity index (χ4n) is 5.54. The van der Waals surface area contributed by atoms with Crippen molar-refractivity contribution in [2.24, 2.45) is 0 Å². The van der Waals surface area contributed by atoms with Crippen molar-refractivity contribution in [3.8, 4) is 0 Å². The summed E-state index contributed by atoms with van der Waals surface area (Å²) in [5, 5.41) is 0. The van der Waals surface area contributed by atoms with E-state index < -0.39 is 5.60 Å². The lowest BCUT2D eigenvalue weighted by molar-refractivity contribution is 0.0171. The molecule has 3 heterocycles. The summed E-state index contributed by atoms with van der Waals surface area (Å²) in [5.41, 5.74) is 4.62. The van der Waals surface area contributed by atoms with E-state index in [2.05, 4.69) is 50.9 Å². The van der Waals surface area contributed by atoms with Crippen LogP contribution in [0.4, 0.5) is 16.3 Å². The Hall–Kier alpha value is -2.15. The Kier molecular flexibility index (Phi) is 5.23. The van der Waals surface area contributed by atoms with E-state index in [1.54, 1.807) is 6.33 Å². The molecule has 0 saturated carbocycles. The number of piperidine rings is 1. The van der Waals surface area contributed by atoms with E-state index in [1.165, 1.54) is 22.5 Å². The maximum Gasteiger partial charge on any atom is 0.410 e. The van der Waals surface area contributed by atoms with Gasteiger partial charge in [-0.15, -0.1) is 0 Å². The number of anilines is 2. The smallest absolute Gasteiger partial charge is 0.410 e. The number of aromatic nitrogens is 2. The Morgan fingerprint density at radius 3 is 2.69 bits per heavy atom. The molecular weight excluding hydrogens is 468 g/mol. The first-order valence-corrected chi connectivity index (χ1v) is 12.4. The van der Waals surface area contributed by atoms with Crippen LogP contribution in [0.25, 0.3) is 0 Å². The van der Waals surface area contributed by atoms with Crippen LogP contribution < -0.4 is 4.90 Å². The van der Waals surface area contributed by atoms with Crippen molar-refractivity contribution in [1.29, 1.82) is 0 Å². The molecule has 5 rings (SSSR count). The summed E-state index contributed by atoms with van der Waals surface area (Å²) in [5.74, 6) is 1.54. The molecule has 0 N–H and O–H groups in total. The van der Waals surface area contributed by atoms with Crippen molar-refractivity contribution in [1.82, 2.24) is 14.9 Å². The number of nitrogens with zero attached hydrogens (tertiary/aromatic N) is 4. The van der Waals surface area contributed by atoms with Crippen molar-refractivity contribution in [3.63, 3.8) is 0 Å². The number of hydrogen-bond acceptors (Lipinski definition) is 5. The van der Waals surface area contributed by atoms with Crippen molar-refractivity contribution >= 4 is 33.5 Å². The molecular formula is C25H31BrN4O2. The van der Waals surface area contributed by atoms with Crippen LogP contribution in [0.2, 0.25) is 0 Å². The van der Waals surface area contributed by atoms with Crippen LogP contribution in [-0.4, -0.2) is 46.2 Å². The number of likely N-dealkylation sites (tertiary alicyclic amines) is 1. The lowest BCUT2D eigenvalue weighted by Crippen LogP contribution is -2.48. The van der Waals surface area contributed by atoms with Gasteiger partial charge in [0, 0.05) is 46.5 Å². The predicted molar refractivity (Wildman–Crippen MR) is 129 cm³/mol. The highest BCUT2D eigenvalue weighted by Gasteiger charge is 2.47. The summed E-state index contributed by atoms with van der Waals surface area (Å²) in [4.78, 5) is 26.3. The van der Waals surface area contributed by atoms with Crippen molar-refractivity contribution in [2.45, 2.75) is 70.3 Å². The Labute approximate surface area is 198 Å². The number of hydrogen-bond donors (Lipinski definition) is 0. The molecule has 2 aliphatic heterocycles. The third-order valence-corrected chi connectivity index (χ3v) is 7.66. The number of ether oxygens (including phenoxy) is 1. The molecule has 170 valence electrons. The Balaban J connectivity index is 1.47. The van der Waals surface area contributed by atoms with Gasteiger partial charge in [0.15, 0.2) is 0 Å². The molecule has 1 fully saturated rings. The summed E-state index contributed by atoms with van der Waals surface area (Å²) in [6.07, 6.45) is 5.51. The third-order valence-electron chi connectivity index (χ3n) is 7.16. The minimum atomic E-state index is -0.474. The molecule has 0 radical (unpaired) electrons. The standard InChI is InChI=1S/C25H31BrN4O2/c1-16-5-7-19-21(16)22(28-15-27-19)30-14-25(18-13-17(26)6-8-20(18)30)9-11-29(12-10-25)23(31)32-24(2,3)4/h6,8,13,15-16H,5,7,9-12,14H2,1-4H3. The van der Waals surface area contributed by atoms with Gasteiger partial charge in [-0.05, 0) is 76.1 Å². The molecule has 0 bridgehead atoms. The van der Waals surface area contributed by atoms with Crippen LogP contribution >= 0.6 is 15.9 Å². The van der Waals surface area contributed by atoms with E-state index in [-0.39, 0.29) is 11.5 Å². The summed E-state index contributed by atoms with van der Waals surface area (Å²) in [6, 6.07) is 6.59. The fourth-order valence-corrected chi connectivity index (χ4v) is 5.90. The number of amides is 1. The highest BCUT2D eigenvalue weighted by molar-refractivity contribution is 9.10. The van der Waals surface area contributed by atoms with Gasteiger partial charge in [-0.1, -0.05) is 22.9 Å². The lowest BCUT2D eigenvalue weighted by Gasteiger charge is -2.40. The second-order valence-corrected chi connectivity index (χ2v) is 11.4. The molecule has 1 unspecified atom stereocenters. The van der Waals surface area contributed by atoms with E-state index in [0.717, 1.165) is 42.5 Å². The molecule has 3 aliphatic rings. The van der Waals surface area contributed by atoms with Gasteiger partial charge < -0.3 is 14.5 Å². The minimum absolute atomic E-state index is 0.00268. The third kappa shape index (κ3) is 3.68. The summed E-state index contributed by atoms with van der Waals surface area (Å²) >= 11 is 3.69. The highest BCUT2D eigenvalue weighted by Crippen LogP contribution is 2.52. The average molecular weight is 499 g/mol. The zero-order chi connectivity index (χ0) is 22.7. The second kappa shape index (κ2) is 7.72. The van der Waals surface area contributed by atoms with Gasteiger partial charge in [0.25, 0.3) is 0 Å². The Morgan fingerprint density at radius 2 is 1.97 bits per heavy atom. The fraction of sp³-hybridized carbons (Fsp3) is 0.560. The maximum absolute atomic E-state index is 12.6. The van der Waals surface area contributed by atoms with Gasteiger partial charge in [-0.25, -0.2) is 14.8 Å². The normalized spacial score (nSPS) is 21.6. The number of benzene rings is 1. The van der Waals surface area contributed by atoms with Crippen molar-refractivity contribution in [3.05, 3.63) is 45.8 Å². The number of carbonyl (C=O) groups is 1. The number of carbonyl (C=O) groups excluding carboxylic acids is 1. The number of rotatable bonds is 1. The van der Waals surface area contributed by atoms with Crippen LogP contribution in [0, 0.1) is 0 Å². The number of aryl methyl sites for hydroxylation is 1. The molecule has 1 aliphatic carbocycles. The quantitative estimate of drug-likeness (QED) is 0.503. The van der Waals surface area contributed by atoms with Gasteiger partial charge in [-0.2, -0.15) is 0 Å². The molecule has 1 saturated heterocycles. The molecule has 7 heteroatoms. The van der Waals surface area contributed by atoms with Crippen molar-refractivity contribution in [2.75, 3.05) is 24.5 Å². The SMILES string of the molecule is CC1CCc2ncnc(N3CC4(CCN(C(=O)OC(C)(C)C)CC4)c4cc(Br)ccc43)c21. The first-order chi connectivity index (χ1) is 15.2. The topological polar surface area (TPSA) is 58.6 Å². The van der Waals surface area contributed by atoms with Gasteiger partial charge in [0.1, 0.15) is 17.7 Å². The van der Waals surface area contributed by atoms with E-state index in [1.807, 2.05) is 25.7 Å². The van der Waals surface area contributed by atoms with Gasteiger partial charge in [0.2, 0.25) is 0 Å². The van der Waals surface area contributed by atoms with E-state index in [9.17, 15) is 4.79 Å². The zero-order valence-corrected chi connectivity index (χ0v) is 20.9. The molecule has 1 amide bonds. The summed E-state index contributed by atoms with van der Waals surface area (Å²) < 4.78 is 6.71. The van der Waals surface area contributed by atoms with Crippen LogP contribution in [-0.2, 0) is 16.6 Å². The largest absolute Gasteiger partial charge is 0.444 e. The zero-order valence-electron chi connectivity index (χ0n) is 19.3. The average Bonchev–Trinajstić information content (AvgIpc) is 3.26. The van der Waals surface area contributed by atoms with Crippen molar-refractivity contribution < 1.29 is 9.53 Å². The molecule has 1 atom stereocenters. The van der Waals surface area contributed by atoms with Crippen LogP contribution in [0.15, 0.2) is 29.0 Å². The lowest BCUT2D eigenvalue weighted by atomic mass is 9.74. The molecule has 1 aromatic carbocycles. The summed E-state index contributed by atoms with van der Waals surface area (Å²) in [7, 11) is 0. The van der Waals surface area contributed by atoms with E-state index >= 15 is 0 Å². The predicted octanol–water partition coefficient (Wildman–Crippen LogP) is 5.71. The monoisotopic (exact) mass is 498 g/mol. The highest BCUT2D eigenvalue weighted by atomic mass is 79.9. The van der Waals surface area contributed by atoms with Gasteiger partial charge in [-0.3, -0.25) is 0 Å². The Morgan fingerprint density at radius 1 is 1.22 bits per heavy atom. The first kappa shape index (κ1) is 21.7. The molecule has 32 heavy (non-hydrogen) atoms. The van der Waals surface area contributed by atoms with Crippen LogP contribution in [0.5, 0.6) is 0 Å². The van der Waals surface area contributed by atoms with E-state index in [4.69, 9.17) is 9.72 Å². The molecule has 1 aromatic heterocycles. The Bertz CT molecular complexity index is 1060. The van der Waals surface area contributed by atoms with Gasteiger partial charge in [0.05, 0.1) is 0 Å². The summed E-state index contributed by atoms with van der Waals surface area (Å²) in [6.45, 7) is 10.3. The first-order valence-electron chi connectivity index (χ1n) is 11.6. The maximum atomic E-state index is 12.6. The van der Waals surface area contributed by atoms with Crippen LogP contribution in [0.3, 0.4) is 0 Å². The molecule has 1 spiro atoms. The second-order valence-electron chi connectivity index (χ2n) is 10.5. The van der Waals surface area contributed by atoms with E-state index in [0.29, 0.717) is 19.0 Å². The van der Waals surface area contributed by atoms with Gasteiger partial charge >= 0.3 is 6.09 Å². The molecule has 6 nitrogen and oxygen atoms in total. The molecule has 2 aromatic rings. The minimum Gasteiger partial charge on any atom is -0.444 e. The number of halogens is 1. The number of fused-ring (bicyclic) bond motifs is 3. The van der Waals surface area contributed by atoms with Crippen LogP contribution in [0.1, 0.15) is 69.7 Å².